The van der Waals surface area contributed by atoms with Gasteiger partial charge in [-0.05, 0) is 32.3 Å². The molecule has 0 aromatic heterocycles. The van der Waals surface area contributed by atoms with E-state index < -0.39 is 0 Å². The summed E-state index contributed by atoms with van der Waals surface area (Å²) >= 11 is 0. The molecule has 68 valence electrons. The molecule has 2 aliphatic rings. The highest BCUT2D eigenvalue weighted by molar-refractivity contribution is 5.16. The number of hydrogen-bond acceptors (Lipinski definition) is 2. The van der Waals surface area contributed by atoms with Crippen molar-refractivity contribution in [2.24, 2.45) is 0 Å². The van der Waals surface area contributed by atoms with Crippen molar-refractivity contribution in [2.45, 2.75) is 38.4 Å². The van der Waals surface area contributed by atoms with E-state index >= 15 is 0 Å². The van der Waals surface area contributed by atoms with Crippen LogP contribution in [0.15, 0.2) is 11.6 Å². The second-order valence-electron chi connectivity index (χ2n) is 4.38. The molecule has 0 aromatic rings. The minimum atomic E-state index is 0.110. The van der Waals surface area contributed by atoms with Crippen molar-refractivity contribution in [3.05, 3.63) is 11.6 Å². The zero-order valence-corrected chi connectivity index (χ0v) is 7.89. The first kappa shape index (κ1) is 8.27. The SMILES string of the molecule is CC1(C)CCC(C=C2CNC2)O1. The van der Waals surface area contributed by atoms with Gasteiger partial charge in [-0.2, -0.15) is 0 Å². The summed E-state index contributed by atoms with van der Waals surface area (Å²) in [6.07, 6.45) is 5.06. The van der Waals surface area contributed by atoms with Crippen LogP contribution in [-0.2, 0) is 4.74 Å². The maximum Gasteiger partial charge on any atom is 0.0767 e. The molecule has 1 unspecified atom stereocenters. The first-order valence-corrected chi connectivity index (χ1v) is 4.74. The van der Waals surface area contributed by atoms with Crippen LogP contribution in [-0.4, -0.2) is 24.8 Å². The summed E-state index contributed by atoms with van der Waals surface area (Å²) in [5, 5.41) is 3.23. The normalized spacial score (nSPS) is 33.2. The van der Waals surface area contributed by atoms with Gasteiger partial charge in [0.2, 0.25) is 0 Å². The van der Waals surface area contributed by atoms with Crippen molar-refractivity contribution >= 4 is 0 Å². The molecular formula is C10H17NO. The molecule has 0 aromatic carbocycles. The van der Waals surface area contributed by atoms with Gasteiger partial charge in [-0.25, -0.2) is 0 Å². The minimum absolute atomic E-state index is 0.110. The summed E-state index contributed by atoms with van der Waals surface area (Å²) in [4.78, 5) is 0. The third-order valence-corrected chi connectivity index (χ3v) is 2.63. The molecule has 0 bridgehead atoms. The lowest BCUT2D eigenvalue weighted by Crippen LogP contribution is -2.34. The van der Waals surface area contributed by atoms with Crippen molar-refractivity contribution in [2.75, 3.05) is 13.1 Å². The van der Waals surface area contributed by atoms with Crippen LogP contribution in [0.4, 0.5) is 0 Å². The Balaban J connectivity index is 1.91. The number of ether oxygens (including phenoxy) is 1. The zero-order chi connectivity index (χ0) is 8.60. The van der Waals surface area contributed by atoms with E-state index in [1.54, 1.807) is 0 Å². The van der Waals surface area contributed by atoms with Crippen molar-refractivity contribution in [3.63, 3.8) is 0 Å². The third-order valence-electron chi connectivity index (χ3n) is 2.63. The first-order chi connectivity index (χ1) is 5.66. The zero-order valence-electron chi connectivity index (χ0n) is 7.89. The van der Waals surface area contributed by atoms with Crippen LogP contribution >= 0.6 is 0 Å². The molecule has 0 aliphatic carbocycles. The quantitative estimate of drug-likeness (QED) is 0.597. The molecule has 2 rings (SSSR count). The van der Waals surface area contributed by atoms with Crippen LogP contribution in [0.25, 0.3) is 0 Å². The molecule has 2 heterocycles. The van der Waals surface area contributed by atoms with Crippen molar-refractivity contribution in [1.82, 2.24) is 5.32 Å². The van der Waals surface area contributed by atoms with E-state index in [4.69, 9.17) is 4.74 Å². The molecule has 2 heteroatoms. The topological polar surface area (TPSA) is 21.3 Å². The second-order valence-corrected chi connectivity index (χ2v) is 4.38. The van der Waals surface area contributed by atoms with E-state index in [2.05, 4.69) is 25.2 Å². The summed E-state index contributed by atoms with van der Waals surface area (Å²) in [6, 6.07) is 0. The molecule has 2 fully saturated rings. The fourth-order valence-corrected chi connectivity index (χ4v) is 1.78. The Bertz CT molecular complexity index is 202. The molecule has 12 heavy (non-hydrogen) atoms. The van der Waals surface area contributed by atoms with Crippen LogP contribution < -0.4 is 5.32 Å². The van der Waals surface area contributed by atoms with Gasteiger partial charge in [0, 0.05) is 13.1 Å². The predicted molar refractivity (Wildman–Crippen MR) is 49.1 cm³/mol. The summed E-state index contributed by atoms with van der Waals surface area (Å²) in [5.41, 5.74) is 1.62. The smallest absolute Gasteiger partial charge is 0.0767 e. The maximum atomic E-state index is 5.85. The monoisotopic (exact) mass is 167 g/mol. The lowest BCUT2D eigenvalue weighted by atomic mass is 10.0. The molecule has 1 atom stereocenters. The van der Waals surface area contributed by atoms with Crippen LogP contribution in [0.5, 0.6) is 0 Å². The van der Waals surface area contributed by atoms with Crippen LogP contribution in [0, 0.1) is 0 Å². The third kappa shape index (κ3) is 1.70. The highest BCUT2D eigenvalue weighted by atomic mass is 16.5. The fourth-order valence-electron chi connectivity index (χ4n) is 1.78. The Morgan fingerprint density at radius 1 is 1.50 bits per heavy atom. The molecule has 2 saturated heterocycles. The Labute approximate surface area is 74.0 Å². The summed E-state index contributed by atoms with van der Waals surface area (Å²) in [5.74, 6) is 0. The van der Waals surface area contributed by atoms with Gasteiger partial charge in [0.25, 0.3) is 0 Å². The van der Waals surface area contributed by atoms with E-state index in [-0.39, 0.29) is 5.60 Å². The van der Waals surface area contributed by atoms with Crippen molar-refractivity contribution < 1.29 is 4.74 Å². The van der Waals surface area contributed by atoms with Gasteiger partial charge in [-0.15, -0.1) is 0 Å². The van der Waals surface area contributed by atoms with Gasteiger partial charge in [0.05, 0.1) is 11.7 Å². The molecule has 0 amide bonds. The van der Waals surface area contributed by atoms with Gasteiger partial charge >= 0.3 is 0 Å². The maximum absolute atomic E-state index is 5.85. The van der Waals surface area contributed by atoms with Gasteiger partial charge in [-0.3, -0.25) is 0 Å². The molecule has 2 nitrogen and oxygen atoms in total. The average molecular weight is 167 g/mol. The van der Waals surface area contributed by atoms with Gasteiger partial charge in [-0.1, -0.05) is 6.08 Å². The van der Waals surface area contributed by atoms with E-state index in [9.17, 15) is 0 Å². The van der Waals surface area contributed by atoms with E-state index in [0.29, 0.717) is 6.10 Å². The Morgan fingerprint density at radius 3 is 2.67 bits per heavy atom. The molecule has 0 saturated carbocycles. The van der Waals surface area contributed by atoms with Crippen molar-refractivity contribution in [3.8, 4) is 0 Å². The summed E-state index contributed by atoms with van der Waals surface area (Å²) < 4.78 is 5.85. The predicted octanol–water partition coefficient (Wildman–Crippen LogP) is 1.47. The standard InChI is InChI=1S/C10H17NO/c1-10(2)4-3-9(12-10)5-8-6-11-7-8/h5,9,11H,3-4,6-7H2,1-2H3. The van der Waals surface area contributed by atoms with E-state index in [0.717, 1.165) is 13.1 Å². The van der Waals surface area contributed by atoms with Crippen LogP contribution in [0.2, 0.25) is 0 Å². The van der Waals surface area contributed by atoms with Gasteiger partial charge in [0.1, 0.15) is 0 Å². The molecule has 1 N–H and O–H groups in total. The highest BCUT2D eigenvalue weighted by Gasteiger charge is 2.30. The Kier molecular flexibility index (Phi) is 1.97. The summed E-state index contributed by atoms with van der Waals surface area (Å²) in [6.45, 7) is 6.48. The minimum Gasteiger partial charge on any atom is -0.368 e. The Morgan fingerprint density at radius 2 is 2.25 bits per heavy atom. The lowest BCUT2D eigenvalue weighted by Gasteiger charge is -2.22. The largest absolute Gasteiger partial charge is 0.368 e. The van der Waals surface area contributed by atoms with Crippen LogP contribution in [0.1, 0.15) is 26.7 Å². The van der Waals surface area contributed by atoms with E-state index in [1.165, 1.54) is 18.4 Å². The van der Waals surface area contributed by atoms with Crippen molar-refractivity contribution in [1.29, 1.82) is 0 Å². The first-order valence-electron chi connectivity index (χ1n) is 4.74. The Hall–Kier alpha value is -0.340. The number of rotatable bonds is 1. The number of nitrogens with one attached hydrogen (secondary N) is 1. The fraction of sp³-hybridized carbons (Fsp3) is 0.800. The lowest BCUT2D eigenvalue weighted by molar-refractivity contribution is 0.00470. The van der Waals surface area contributed by atoms with E-state index in [1.807, 2.05) is 0 Å². The van der Waals surface area contributed by atoms with Gasteiger partial charge < -0.3 is 10.1 Å². The molecule has 2 aliphatic heterocycles. The highest BCUT2D eigenvalue weighted by Crippen LogP contribution is 2.30. The molecule has 0 radical (unpaired) electrons. The van der Waals surface area contributed by atoms with Crippen LogP contribution in [0.3, 0.4) is 0 Å². The molecular weight excluding hydrogens is 150 g/mol. The average Bonchev–Trinajstić information content (AvgIpc) is 2.21. The molecule has 0 spiro atoms. The second kappa shape index (κ2) is 2.86. The summed E-state index contributed by atoms with van der Waals surface area (Å²) in [7, 11) is 0. The van der Waals surface area contributed by atoms with Gasteiger partial charge in [0.15, 0.2) is 0 Å². The number of hydrogen-bond donors (Lipinski definition) is 1.